The molecule has 21 heavy (non-hydrogen) atoms. The number of rotatable bonds is 6. The third-order valence-corrected chi connectivity index (χ3v) is 4.81. The van der Waals surface area contributed by atoms with Crippen LogP contribution in [0.3, 0.4) is 0 Å². The van der Waals surface area contributed by atoms with Crippen molar-refractivity contribution in [3.63, 3.8) is 0 Å². The third kappa shape index (κ3) is 5.95. The van der Waals surface area contributed by atoms with Gasteiger partial charge < -0.3 is 11.1 Å². The fourth-order valence-corrected chi connectivity index (χ4v) is 3.84. The Balaban J connectivity index is 1.86. The lowest BCUT2D eigenvalue weighted by molar-refractivity contribution is -0.119. The molecule has 0 aromatic carbocycles. The maximum Gasteiger partial charge on any atom is 0.231 e. The van der Waals surface area contributed by atoms with Crippen molar-refractivity contribution in [2.75, 3.05) is 26.2 Å². The van der Waals surface area contributed by atoms with Crippen LogP contribution in [0, 0.1) is 17.3 Å². The van der Waals surface area contributed by atoms with Crippen molar-refractivity contribution in [1.82, 2.24) is 10.2 Å². The number of hydrogen-bond donors (Lipinski definition) is 2. The van der Waals surface area contributed by atoms with E-state index in [0.29, 0.717) is 23.9 Å². The molecule has 4 heteroatoms. The molecular formula is C17H33N3O. The van der Waals surface area contributed by atoms with Crippen LogP contribution in [0.25, 0.3) is 0 Å². The van der Waals surface area contributed by atoms with Crippen molar-refractivity contribution in [3.05, 3.63) is 0 Å². The van der Waals surface area contributed by atoms with E-state index in [2.05, 4.69) is 31.0 Å². The van der Waals surface area contributed by atoms with Gasteiger partial charge in [-0.05, 0) is 49.5 Å². The minimum atomic E-state index is -0.204. The van der Waals surface area contributed by atoms with Crippen molar-refractivity contribution in [3.8, 4) is 0 Å². The predicted octanol–water partition coefficient (Wildman–Crippen LogP) is 1.99. The molecule has 2 fully saturated rings. The summed E-state index contributed by atoms with van der Waals surface area (Å²) < 4.78 is 0. The fourth-order valence-electron chi connectivity index (χ4n) is 3.84. The summed E-state index contributed by atoms with van der Waals surface area (Å²) >= 11 is 0. The highest BCUT2D eigenvalue weighted by atomic mass is 16.1. The Morgan fingerprint density at radius 3 is 2.48 bits per heavy atom. The van der Waals surface area contributed by atoms with Gasteiger partial charge in [-0.3, -0.25) is 9.69 Å². The molecule has 1 heterocycles. The van der Waals surface area contributed by atoms with E-state index in [4.69, 9.17) is 5.73 Å². The van der Waals surface area contributed by atoms with Gasteiger partial charge in [0.25, 0.3) is 0 Å². The largest absolute Gasteiger partial charge is 0.369 e. The van der Waals surface area contributed by atoms with Gasteiger partial charge in [0.15, 0.2) is 0 Å². The Kier molecular flexibility index (Phi) is 5.67. The number of amides is 1. The molecule has 4 nitrogen and oxygen atoms in total. The highest BCUT2D eigenvalue weighted by molar-refractivity contribution is 5.75. The number of piperidine rings is 1. The number of hydrogen-bond acceptors (Lipinski definition) is 3. The van der Waals surface area contributed by atoms with Crippen LogP contribution in [-0.4, -0.2) is 43.0 Å². The molecule has 3 N–H and O–H groups in total. The number of nitrogens with one attached hydrogen (secondary N) is 1. The molecule has 2 rings (SSSR count). The molecular weight excluding hydrogens is 262 g/mol. The zero-order valence-electron chi connectivity index (χ0n) is 14.0. The molecule has 1 aliphatic carbocycles. The lowest BCUT2D eigenvalue weighted by Gasteiger charge is -2.40. The molecule has 0 bridgehead atoms. The van der Waals surface area contributed by atoms with Gasteiger partial charge in [-0.15, -0.1) is 0 Å². The van der Waals surface area contributed by atoms with Gasteiger partial charge in [0.2, 0.25) is 5.91 Å². The van der Waals surface area contributed by atoms with Crippen LogP contribution in [0.5, 0.6) is 0 Å². The summed E-state index contributed by atoms with van der Waals surface area (Å²) in [4.78, 5) is 13.5. The van der Waals surface area contributed by atoms with E-state index in [9.17, 15) is 4.79 Å². The van der Waals surface area contributed by atoms with Gasteiger partial charge >= 0.3 is 0 Å². The molecule has 1 saturated heterocycles. The maximum absolute atomic E-state index is 11.2. The van der Waals surface area contributed by atoms with Gasteiger partial charge in [0.05, 0.1) is 6.54 Å². The SMILES string of the molecule is CC(C)(C)CC1CC(NCC2CCC2)CN(CC(N)=O)C1. The van der Waals surface area contributed by atoms with E-state index >= 15 is 0 Å². The van der Waals surface area contributed by atoms with Gasteiger partial charge in [0, 0.05) is 19.1 Å². The lowest BCUT2D eigenvalue weighted by atomic mass is 9.79. The first-order chi connectivity index (χ1) is 9.82. The zero-order valence-corrected chi connectivity index (χ0v) is 14.0. The minimum absolute atomic E-state index is 0.204. The average Bonchev–Trinajstić information content (AvgIpc) is 2.22. The Morgan fingerprint density at radius 1 is 1.24 bits per heavy atom. The molecule has 2 aliphatic rings. The normalized spacial score (nSPS) is 28.3. The van der Waals surface area contributed by atoms with Crippen LogP contribution in [0.15, 0.2) is 0 Å². The molecule has 0 aromatic heterocycles. The Morgan fingerprint density at radius 2 is 1.95 bits per heavy atom. The van der Waals surface area contributed by atoms with Crippen LogP contribution in [-0.2, 0) is 4.79 Å². The van der Waals surface area contributed by atoms with Crippen molar-refractivity contribution in [2.24, 2.45) is 23.0 Å². The summed E-state index contributed by atoms with van der Waals surface area (Å²) in [5.41, 5.74) is 5.74. The summed E-state index contributed by atoms with van der Waals surface area (Å²) in [7, 11) is 0. The minimum Gasteiger partial charge on any atom is -0.369 e. The maximum atomic E-state index is 11.2. The van der Waals surface area contributed by atoms with E-state index in [1.54, 1.807) is 0 Å². The highest BCUT2D eigenvalue weighted by Gasteiger charge is 2.31. The summed E-state index contributed by atoms with van der Waals surface area (Å²) in [6.45, 7) is 10.4. The zero-order chi connectivity index (χ0) is 15.5. The molecule has 1 amide bonds. The first-order valence-corrected chi connectivity index (χ1v) is 8.56. The Hall–Kier alpha value is -0.610. The number of carbonyl (C=O) groups is 1. The summed E-state index contributed by atoms with van der Waals surface area (Å²) in [5.74, 6) is 1.35. The number of carbonyl (C=O) groups excluding carboxylic acids is 1. The smallest absolute Gasteiger partial charge is 0.231 e. The molecule has 0 aromatic rings. The van der Waals surface area contributed by atoms with E-state index < -0.39 is 0 Å². The summed E-state index contributed by atoms with van der Waals surface area (Å²) in [5, 5.41) is 3.75. The molecule has 0 spiro atoms. The standard InChI is InChI=1S/C17H33N3O/c1-17(2,3)8-14-7-15(19-9-13-5-4-6-13)11-20(10-14)12-16(18)21/h13-15,19H,4-12H2,1-3H3,(H2,18,21). The van der Waals surface area contributed by atoms with Crippen molar-refractivity contribution in [1.29, 1.82) is 0 Å². The Bertz CT molecular complexity index is 346. The van der Waals surface area contributed by atoms with Gasteiger partial charge in [-0.2, -0.15) is 0 Å². The third-order valence-electron chi connectivity index (χ3n) is 4.81. The quantitative estimate of drug-likeness (QED) is 0.788. The van der Waals surface area contributed by atoms with E-state index in [-0.39, 0.29) is 5.91 Å². The molecule has 1 saturated carbocycles. The second-order valence-corrected chi connectivity index (χ2v) is 8.43. The summed E-state index contributed by atoms with van der Waals surface area (Å²) in [6, 6.07) is 0.519. The van der Waals surface area contributed by atoms with Crippen LogP contribution in [0.4, 0.5) is 0 Å². The van der Waals surface area contributed by atoms with E-state index in [1.165, 1.54) is 32.1 Å². The van der Waals surface area contributed by atoms with Gasteiger partial charge in [-0.1, -0.05) is 27.2 Å². The second-order valence-electron chi connectivity index (χ2n) is 8.43. The summed E-state index contributed by atoms with van der Waals surface area (Å²) in [6.07, 6.45) is 6.62. The van der Waals surface area contributed by atoms with Crippen molar-refractivity contribution >= 4 is 5.91 Å². The lowest BCUT2D eigenvalue weighted by Crippen LogP contribution is -2.52. The highest BCUT2D eigenvalue weighted by Crippen LogP contribution is 2.31. The topological polar surface area (TPSA) is 58.4 Å². The monoisotopic (exact) mass is 295 g/mol. The van der Waals surface area contributed by atoms with Crippen LogP contribution in [0.2, 0.25) is 0 Å². The fraction of sp³-hybridized carbons (Fsp3) is 0.941. The van der Waals surface area contributed by atoms with Crippen LogP contribution >= 0.6 is 0 Å². The van der Waals surface area contributed by atoms with Crippen molar-refractivity contribution < 1.29 is 4.79 Å². The molecule has 0 radical (unpaired) electrons. The average molecular weight is 295 g/mol. The number of primary amides is 1. The van der Waals surface area contributed by atoms with E-state index in [0.717, 1.165) is 25.6 Å². The van der Waals surface area contributed by atoms with Crippen LogP contribution < -0.4 is 11.1 Å². The number of nitrogens with zero attached hydrogens (tertiary/aromatic N) is 1. The number of nitrogens with two attached hydrogens (primary N) is 1. The Labute approximate surface area is 129 Å². The van der Waals surface area contributed by atoms with E-state index in [1.807, 2.05) is 0 Å². The molecule has 1 aliphatic heterocycles. The molecule has 122 valence electrons. The van der Waals surface area contributed by atoms with Crippen molar-refractivity contribution in [2.45, 2.75) is 58.9 Å². The first-order valence-electron chi connectivity index (χ1n) is 8.56. The predicted molar refractivity (Wildman–Crippen MR) is 86.9 cm³/mol. The van der Waals surface area contributed by atoms with Gasteiger partial charge in [-0.25, -0.2) is 0 Å². The first kappa shape index (κ1) is 16.8. The molecule has 2 atom stereocenters. The van der Waals surface area contributed by atoms with Crippen LogP contribution in [0.1, 0.15) is 52.9 Å². The van der Waals surface area contributed by atoms with Gasteiger partial charge in [0.1, 0.15) is 0 Å². The second kappa shape index (κ2) is 7.10. The number of likely N-dealkylation sites (tertiary alicyclic amines) is 1. The molecule has 2 unspecified atom stereocenters.